The number of aliphatic hydroxyl groups is 10. The van der Waals surface area contributed by atoms with Crippen LogP contribution in [-0.2, 0) is 0 Å². The SMILES string of the molecule is OC(O)CCCCC(CCCCC(O)O)CCC(CCCCC(O)O)(CCCCC(O)O)CCCCC(O)O. The average Bonchev–Trinajstić information content (AvgIpc) is 2.84. The minimum atomic E-state index is -1.32. The largest absolute Gasteiger partial charge is 0.368 e. The molecule has 0 bridgehead atoms. The van der Waals surface area contributed by atoms with Crippen molar-refractivity contribution in [1.82, 2.24) is 0 Å². The van der Waals surface area contributed by atoms with E-state index in [9.17, 15) is 51.1 Å². The van der Waals surface area contributed by atoms with E-state index in [0.29, 0.717) is 57.3 Å². The van der Waals surface area contributed by atoms with Gasteiger partial charge in [-0.1, -0.05) is 44.9 Å². The Morgan fingerprint density at radius 3 is 0.821 bits per heavy atom. The molecule has 0 fully saturated rings. The molecule has 0 aromatic heterocycles. The smallest absolute Gasteiger partial charge is 0.151 e. The summed E-state index contributed by atoms with van der Waals surface area (Å²) in [6.07, 6.45) is 9.47. The van der Waals surface area contributed by atoms with Crippen LogP contribution >= 0.6 is 0 Å². The van der Waals surface area contributed by atoms with Crippen LogP contribution in [0.25, 0.3) is 0 Å². The molecule has 0 aromatic carbocycles. The van der Waals surface area contributed by atoms with Gasteiger partial charge in [-0.3, -0.25) is 0 Å². The molecule has 0 amide bonds. The van der Waals surface area contributed by atoms with E-state index in [0.717, 1.165) is 89.9 Å². The van der Waals surface area contributed by atoms with Gasteiger partial charge in [0.1, 0.15) is 0 Å². The standard InChI is InChI=1S/C29H60O10/c30-24(31)13-3-1-11-23(12-2-4-14-25(32)33)18-22-29(19-8-5-15-26(34)35,20-9-6-16-27(36)37)21-10-7-17-28(38)39/h23-28,30-39H,1-22H2. The van der Waals surface area contributed by atoms with E-state index in [4.69, 9.17) is 0 Å². The fourth-order valence-corrected chi connectivity index (χ4v) is 5.69. The third-order valence-corrected chi connectivity index (χ3v) is 7.99. The first-order chi connectivity index (χ1) is 18.5. The maximum atomic E-state index is 9.28. The van der Waals surface area contributed by atoms with Crippen molar-refractivity contribution in [3.8, 4) is 0 Å². The molecule has 10 heteroatoms. The Labute approximate surface area is 235 Å². The van der Waals surface area contributed by atoms with Crippen molar-refractivity contribution in [2.75, 3.05) is 0 Å². The van der Waals surface area contributed by atoms with Crippen LogP contribution in [0.1, 0.15) is 141 Å². The van der Waals surface area contributed by atoms with E-state index in [1.165, 1.54) is 0 Å². The van der Waals surface area contributed by atoms with Crippen molar-refractivity contribution in [1.29, 1.82) is 0 Å². The number of hydrogen-bond acceptors (Lipinski definition) is 10. The van der Waals surface area contributed by atoms with Crippen molar-refractivity contribution < 1.29 is 51.1 Å². The fraction of sp³-hybridized carbons (Fsp3) is 1.00. The van der Waals surface area contributed by atoms with Gasteiger partial charge in [-0.15, -0.1) is 0 Å². The third kappa shape index (κ3) is 25.1. The second kappa shape index (κ2) is 24.2. The summed E-state index contributed by atoms with van der Waals surface area (Å²) in [5.74, 6) is 0.411. The van der Waals surface area contributed by atoms with Gasteiger partial charge in [-0.2, -0.15) is 0 Å². The highest BCUT2D eigenvalue weighted by Crippen LogP contribution is 2.43. The lowest BCUT2D eigenvalue weighted by Crippen LogP contribution is -2.23. The molecule has 0 saturated carbocycles. The zero-order chi connectivity index (χ0) is 29.5. The van der Waals surface area contributed by atoms with Gasteiger partial charge < -0.3 is 51.1 Å². The van der Waals surface area contributed by atoms with Gasteiger partial charge in [-0.05, 0) is 108 Å². The predicted molar refractivity (Wildman–Crippen MR) is 149 cm³/mol. The van der Waals surface area contributed by atoms with Crippen LogP contribution in [0.3, 0.4) is 0 Å². The maximum Gasteiger partial charge on any atom is 0.151 e. The zero-order valence-corrected chi connectivity index (χ0v) is 24.0. The molecular weight excluding hydrogens is 508 g/mol. The van der Waals surface area contributed by atoms with Gasteiger partial charge in [0.25, 0.3) is 0 Å². The lowest BCUT2D eigenvalue weighted by Gasteiger charge is -2.36. The molecule has 0 atom stereocenters. The Hall–Kier alpha value is -0.400. The van der Waals surface area contributed by atoms with Gasteiger partial charge >= 0.3 is 0 Å². The first kappa shape index (κ1) is 38.6. The van der Waals surface area contributed by atoms with E-state index in [1.807, 2.05) is 0 Å². The van der Waals surface area contributed by atoms with Crippen LogP contribution in [0.15, 0.2) is 0 Å². The first-order valence-corrected chi connectivity index (χ1v) is 15.3. The molecule has 0 aliphatic heterocycles. The summed E-state index contributed by atoms with van der Waals surface area (Å²) in [6, 6.07) is 0. The van der Waals surface area contributed by atoms with Crippen molar-refractivity contribution >= 4 is 0 Å². The van der Waals surface area contributed by atoms with Crippen LogP contribution in [0.5, 0.6) is 0 Å². The summed E-state index contributed by atoms with van der Waals surface area (Å²) < 4.78 is 0. The van der Waals surface area contributed by atoms with Crippen LogP contribution in [0, 0.1) is 11.3 Å². The summed E-state index contributed by atoms with van der Waals surface area (Å²) in [5.41, 5.74) is -0.0257. The third-order valence-electron chi connectivity index (χ3n) is 7.99. The number of unbranched alkanes of at least 4 members (excludes halogenated alkanes) is 5. The first-order valence-electron chi connectivity index (χ1n) is 15.3. The normalized spacial score (nSPS) is 12.9. The molecule has 0 radical (unpaired) electrons. The van der Waals surface area contributed by atoms with E-state index >= 15 is 0 Å². The maximum absolute atomic E-state index is 9.28. The predicted octanol–water partition coefficient (Wildman–Crippen LogP) is 2.72. The van der Waals surface area contributed by atoms with Gasteiger partial charge in [0.05, 0.1) is 0 Å². The van der Waals surface area contributed by atoms with Gasteiger partial charge in [0.2, 0.25) is 0 Å². The molecule has 10 nitrogen and oxygen atoms in total. The topological polar surface area (TPSA) is 202 Å². The molecule has 0 aliphatic carbocycles. The Kier molecular flexibility index (Phi) is 24.0. The second-order valence-corrected chi connectivity index (χ2v) is 11.6. The molecule has 236 valence electrons. The van der Waals surface area contributed by atoms with Gasteiger partial charge in [0.15, 0.2) is 31.5 Å². The van der Waals surface area contributed by atoms with Crippen LogP contribution in [0.2, 0.25) is 0 Å². The molecule has 0 heterocycles. The number of rotatable bonds is 28. The summed E-state index contributed by atoms with van der Waals surface area (Å²) >= 11 is 0. The lowest BCUT2D eigenvalue weighted by molar-refractivity contribution is -0.0490. The fourth-order valence-electron chi connectivity index (χ4n) is 5.69. The molecule has 0 unspecified atom stereocenters. The molecule has 39 heavy (non-hydrogen) atoms. The highest BCUT2D eigenvalue weighted by Gasteiger charge is 2.30. The Bertz CT molecular complexity index is 471. The van der Waals surface area contributed by atoms with E-state index in [1.54, 1.807) is 0 Å². The van der Waals surface area contributed by atoms with Crippen molar-refractivity contribution in [3.05, 3.63) is 0 Å². The van der Waals surface area contributed by atoms with E-state index in [2.05, 4.69) is 0 Å². The lowest BCUT2D eigenvalue weighted by atomic mass is 9.69. The molecule has 10 N–H and O–H groups in total. The molecular formula is C29H60O10. The molecule has 0 spiro atoms. The molecule has 0 saturated heterocycles. The molecule has 0 rings (SSSR count). The highest BCUT2D eigenvalue weighted by atomic mass is 16.5. The van der Waals surface area contributed by atoms with Crippen molar-refractivity contribution in [2.24, 2.45) is 11.3 Å². The minimum Gasteiger partial charge on any atom is -0.368 e. The average molecular weight is 569 g/mol. The van der Waals surface area contributed by atoms with Crippen LogP contribution in [0.4, 0.5) is 0 Å². The van der Waals surface area contributed by atoms with Crippen molar-refractivity contribution in [3.63, 3.8) is 0 Å². The monoisotopic (exact) mass is 568 g/mol. The Morgan fingerprint density at radius 2 is 0.538 bits per heavy atom. The Balaban J connectivity index is 5.43. The number of aliphatic hydroxyl groups excluding tert-OH is 5. The highest BCUT2D eigenvalue weighted by molar-refractivity contribution is 4.82. The second-order valence-electron chi connectivity index (χ2n) is 11.6. The van der Waals surface area contributed by atoms with Crippen LogP contribution < -0.4 is 0 Å². The molecule has 0 aromatic rings. The van der Waals surface area contributed by atoms with Gasteiger partial charge in [-0.25, -0.2) is 0 Å². The summed E-state index contributed by atoms with van der Waals surface area (Å²) in [6.45, 7) is 0. The van der Waals surface area contributed by atoms with Crippen molar-refractivity contribution in [2.45, 2.75) is 173 Å². The number of hydrogen-bond donors (Lipinski definition) is 10. The summed E-state index contributed by atoms with van der Waals surface area (Å²) in [7, 11) is 0. The van der Waals surface area contributed by atoms with Crippen LogP contribution in [-0.4, -0.2) is 82.5 Å². The zero-order valence-electron chi connectivity index (χ0n) is 24.0. The summed E-state index contributed by atoms with van der Waals surface area (Å²) in [4.78, 5) is 0. The Morgan fingerprint density at radius 1 is 0.282 bits per heavy atom. The van der Waals surface area contributed by atoms with E-state index < -0.39 is 31.5 Å². The van der Waals surface area contributed by atoms with E-state index in [-0.39, 0.29) is 5.41 Å². The quantitative estimate of drug-likeness (QED) is 0.0494. The minimum absolute atomic E-state index is 0.0257. The summed E-state index contributed by atoms with van der Waals surface area (Å²) in [5, 5.41) is 92.4. The molecule has 0 aliphatic rings. The van der Waals surface area contributed by atoms with Gasteiger partial charge in [0, 0.05) is 0 Å².